The molecule has 3 aromatic rings. The number of carbonyl (C=O) groups excluding carboxylic acids is 1. The summed E-state index contributed by atoms with van der Waals surface area (Å²) in [4.78, 5) is 17.8. The Kier molecular flexibility index (Phi) is 5.81. The van der Waals surface area contributed by atoms with E-state index >= 15 is 0 Å². The molecule has 11 heteroatoms. The molecule has 0 bridgehead atoms. The first-order valence-electron chi connectivity index (χ1n) is 10.7. The van der Waals surface area contributed by atoms with Crippen molar-refractivity contribution in [3.8, 4) is 5.75 Å². The number of carbonyl (C=O) groups is 1. The number of hydrogen-bond donors (Lipinski definition) is 1. The number of aliphatic imine (C=N–C) groups is 1. The molecule has 1 amide bonds. The molecule has 0 radical (unpaired) electrons. The maximum Gasteiger partial charge on any atom is 0.283 e. The maximum absolute atomic E-state index is 12.7. The van der Waals surface area contributed by atoms with E-state index < -0.39 is 15.7 Å². The minimum Gasteiger partial charge on any atom is -0.492 e. The van der Waals surface area contributed by atoms with Crippen LogP contribution in [0.1, 0.15) is 11.1 Å². The van der Waals surface area contributed by atoms with Crippen LogP contribution in [0.15, 0.2) is 69.7 Å². The average Bonchev–Trinajstić information content (AvgIpc) is 3.40. The van der Waals surface area contributed by atoms with E-state index in [4.69, 9.17) is 10.1 Å². The lowest BCUT2D eigenvalue weighted by atomic mass is 10.1. The van der Waals surface area contributed by atoms with Crippen LogP contribution >= 0.6 is 11.9 Å². The lowest BCUT2D eigenvalue weighted by molar-refractivity contribution is -0.114. The predicted molar refractivity (Wildman–Crippen MR) is 138 cm³/mol. The van der Waals surface area contributed by atoms with Gasteiger partial charge < -0.3 is 9.30 Å². The van der Waals surface area contributed by atoms with Crippen molar-refractivity contribution in [2.75, 3.05) is 12.9 Å². The van der Waals surface area contributed by atoms with E-state index in [0.717, 1.165) is 45.3 Å². The Morgan fingerprint density at radius 2 is 1.89 bits per heavy atom. The van der Waals surface area contributed by atoms with E-state index in [1.54, 1.807) is 6.08 Å². The van der Waals surface area contributed by atoms with E-state index in [2.05, 4.69) is 9.39 Å². The van der Waals surface area contributed by atoms with E-state index in [9.17, 15) is 13.2 Å². The number of amides is 1. The highest BCUT2D eigenvalue weighted by molar-refractivity contribution is 8.16. The molecule has 0 fully saturated rings. The van der Waals surface area contributed by atoms with E-state index in [1.165, 1.54) is 0 Å². The summed E-state index contributed by atoms with van der Waals surface area (Å²) in [5.41, 5.74) is 2.81. The van der Waals surface area contributed by atoms with Gasteiger partial charge in [0.05, 0.1) is 24.1 Å². The van der Waals surface area contributed by atoms with Gasteiger partial charge in [-0.2, -0.15) is 9.39 Å². The molecule has 0 atom stereocenters. The second kappa shape index (κ2) is 8.82. The molecule has 0 unspecified atom stereocenters. The van der Waals surface area contributed by atoms with Crippen LogP contribution in [0.3, 0.4) is 0 Å². The monoisotopic (exact) mass is 507 g/mol. The van der Waals surface area contributed by atoms with Gasteiger partial charge in [0.1, 0.15) is 18.2 Å². The highest BCUT2D eigenvalue weighted by Gasteiger charge is 2.41. The number of fused-ring (bicyclic) bond motifs is 2. The van der Waals surface area contributed by atoms with Gasteiger partial charge in [-0.05, 0) is 31.2 Å². The number of amidine groups is 3. The van der Waals surface area contributed by atoms with Crippen molar-refractivity contribution < 1.29 is 17.9 Å². The molecule has 2 aromatic carbocycles. The number of hydrogen-bond acceptors (Lipinski definition) is 7. The number of sulfone groups is 1. The Hall–Kier alpha value is -3.70. The fourth-order valence-electron chi connectivity index (χ4n) is 3.86. The fraction of sp³-hybridized carbons (Fsp3) is 0.167. The van der Waals surface area contributed by atoms with Crippen LogP contribution in [0.4, 0.5) is 0 Å². The molecule has 0 saturated heterocycles. The number of aromatic nitrogens is 1. The summed E-state index contributed by atoms with van der Waals surface area (Å²) in [6.45, 7) is 3.03. The van der Waals surface area contributed by atoms with Crippen molar-refractivity contribution >= 4 is 60.8 Å². The number of nitrogens with one attached hydrogen (secondary N) is 1. The predicted octanol–water partition coefficient (Wildman–Crippen LogP) is 3.65. The summed E-state index contributed by atoms with van der Waals surface area (Å²) in [7, 11) is -3.71. The summed E-state index contributed by atoms with van der Waals surface area (Å²) < 4.78 is 36.0. The van der Waals surface area contributed by atoms with Gasteiger partial charge in [0.15, 0.2) is 0 Å². The summed E-state index contributed by atoms with van der Waals surface area (Å²) in [5.74, 6) is -0.0944. The molecule has 1 aromatic heterocycles. The summed E-state index contributed by atoms with van der Waals surface area (Å²) in [6.07, 6.45) is 4.47. The Morgan fingerprint density at radius 3 is 2.63 bits per heavy atom. The normalized spacial score (nSPS) is 17.1. The number of nitrogens with zero attached hydrogens (tertiary/aromatic N) is 4. The van der Waals surface area contributed by atoms with E-state index in [1.807, 2.05) is 66.2 Å². The SMILES string of the molecule is Cc1ccc(OCCn2cc(/C=C3/C(=N)N4C(=NC3=O)SN=C4S(C)(=O)=O)c3ccccc32)cc1. The molecular weight excluding hydrogens is 486 g/mol. The second-order valence-corrected chi connectivity index (χ2v) is 10.8. The van der Waals surface area contributed by atoms with Gasteiger partial charge >= 0.3 is 0 Å². The summed E-state index contributed by atoms with van der Waals surface area (Å²) in [5, 5.41) is 9.22. The first-order chi connectivity index (χ1) is 16.7. The number of ether oxygens (including phenoxy) is 1. The van der Waals surface area contributed by atoms with Gasteiger partial charge in [0.25, 0.3) is 5.91 Å². The molecule has 9 nitrogen and oxygen atoms in total. The van der Waals surface area contributed by atoms with Crippen molar-refractivity contribution in [1.29, 1.82) is 5.41 Å². The molecule has 0 aliphatic carbocycles. The lowest BCUT2D eigenvalue weighted by Crippen LogP contribution is -2.45. The Bertz CT molecular complexity index is 1570. The lowest BCUT2D eigenvalue weighted by Gasteiger charge is -2.23. The van der Waals surface area contributed by atoms with Gasteiger partial charge in [0.2, 0.25) is 20.2 Å². The van der Waals surface area contributed by atoms with Crippen LogP contribution in [0, 0.1) is 12.3 Å². The van der Waals surface area contributed by atoms with Crippen molar-refractivity contribution in [2.45, 2.75) is 13.5 Å². The third kappa shape index (κ3) is 4.40. The van der Waals surface area contributed by atoms with Crippen LogP contribution in [-0.2, 0) is 21.2 Å². The average molecular weight is 508 g/mol. The van der Waals surface area contributed by atoms with E-state index in [0.29, 0.717) is 18.7 Å². The molecule has 35 heavy (non-hydrogen) atoms. The minimum absolute atomic E-state index is 0.00796. The zero-order valence-electron chi connectivity index (χ0n) is 18.9. The Labute approximate surface area is 206 Å². The smallest absolute Gasteiger partial charge is 0.283 e. The van der Waals surface area contributed by atoms with Gasteiger partial charge in [-0.3, -0.25) is 10.2 Å². The molecule has 0 saturated carbocycles. The summed E-state index contributed by atoms with van der Waals surface area (Å²) >= 11 is 0.770. The molecule has 2 aliphatic rings. The van der Waals surface area contributed by atoms with Crippen molar-refractivity contribution in [3.05, 3.63) is 71.4 Å². The molecular formula is C24H21N5O4S2. The number of para-hydroxylation sites is 1. The van der Waals surface area contributed by atoms with Gasteiger partial charge in [-0.1, -0.05) is 35.9 Å². The Morgan fingerprint density at radius 1 is 1.14 bits per heavy atom. The third-order valence-electron chi connectivity index (χ3n) is 5.57. The van der Waals surface area contributed by atoms with Crippen LogP contribution in [0.25, 0.3) is 17.0 Å². The second-order valence-electron chi connectivity index (χ2n) is 8.14. The largest absolute Gasteiger partial charge is 0.492 e. The highest BCUT2D eigenvalue weighted by atomic mass is 32.2. The molecule has 178 valence electrons. The molecule has 1 N–H and O–H groups in total. The maximum atomic E-state index is 12.7. The van der Waals surface area contributed by atoms with E-state index in [-0.39, 0.29) is 21.7 Å². The standard InChI is InChI=1S/C24H21N5O4S2/c1-15-7-9-17(10-8-15)33-12-11-28-14-16(18-5-3-4-6-20(18)28)13-19-21(25)29-23(26-22(19)30)34-27-24(29)35(2,31)32/h3-10,13-14,25H,11-12H2,1-2H3/b19-13-,25-21?. The summed E-state index contributed by atoms with van der Waals surface area (Å²) in [6, 6.07) is 15.6. The van der Waals surface area contributed by atoms with Crippen LogP contribution in [0.5, 0.6) is 5.75 Å². The molecule has 2 aliphatic heterocycles. The molecule has 0 spiro atoms. The fourth-order valence-corrected chi connectivity index (χ4v) is 5.71. The van der Waals surface area contributed by atoms with Crippen LogP contribution in [0.2, 0.25) is 0 Å². The topological polar surface area (TPSA) is 117 Å². The zero-order valence-corrected chi connectivity index (χ0v) is 20.6. The number of aryl methyl sites for hydroxylation is 1. The van der Waals surface area contributed by atoms with Crippen LogP contribution in [-0.4, -0.2) is 52.8 Å². The quantitative estimate of drug-likeness (QED) is 0.416. The highest BCUT2D eigenvalue weighted by Crippen LogP contribution is 2.31. The molecule has 5 rings (SSSR count). The Balaban J connectivity index is 1.45. The zero-order chi connectivity index (χ0) is 24.7. The first-order valence-corrected chi connectivity index (χ1v) is 13.3. The van der Waals surface area contributed by atoms with Gasteiger partial charge in [-0.15, -0.1) is 0 Å². The number of rotatable bonds is 5. The number of benzene rings is 2. The third-order valence-corrected chi connectivity index (χ3v) is 7.32. The van der Waals surface area contributed by atoms with Gasteiger partial charge in [-0.25, -0.2) is 13.3 Å². The van der Waals surface area contributed by atoms with Crippen molar-refractivity contribution in [3.63, 3.8) is 0 Å². The minimum atomic E-state index is -3.71. The van der Waals surface area contributed by atoms with Crippen molar-refractivity contribution in [2.24, 2.45) is 9.39 Å². The first kappa shape index (κ1) is 23.1. The van der Waals surface area contributed by atoms with Gasteiger partial charge in [0, 0.05) is 28.9 Å². The molecule has 3 heterocycles. The van der Waals surface area contributed by atoms with Crippen molar-refractivity contribution in [1.82, 2.24) is 9.47 Å². The van der Waals surface area contributed by atoms with Crippen LogP contribution < -0.4 is 4.74 Å².